The molecule has 21 heavy (non-hydrogen) atoms. The average Bonchev–Trinajstić information content (AvgIpc) is 2.47. The molecule has 0 spiro atoms. The lowest BCUT2D eigenvalue weighted by molar-refractivity contribution is -0.187. The van der Waals surface area contributed by atoms with E-state index in [0.29, 0.717) is 5.56 Å². The molecule has 1 aliphatic heterocycles. The molecule has 8 heteroatoms. The van der Waals surface area contributed by atoms with Crippen molar-refractivity contribution in [3.8, 4) is 0 Å². The first-order valence-corrected chi connectivity index (χ1v) is 6.35. The van der Waals surface area contributed by atoms with Gasteiger partial charge in [0, 0.05) is 31.7 Å². The fourth-order valence-corrected chi connectivity index (χ4v) is 2.00. The minimum absolute atomic E-state index is 0.0760. The molecule has 1 heterocycles. The number of halogens is 3. The van der Waals surface area contributed by atoms with Crippen molar-refractivity contribution in [1.29, 1.82) is 0 Å². The number of benzene rings is 1. The van der Waals surface area contributed by atoms with E-state index in [0.717, 1.165) is 4.90 Å². The number of piperazine rings is 1. The number of carbonyl (C=O) groups is 2. The van der Waals surface area contributed by atoms with Crippen LogP contribution in [0.1, 0.15) is 10.4 Å². The van der Waals surface area contributed by atoms with E-state index in [4.69, 9.17) is 0 Å². The zero-order chi connectivity index (χ0) is 15.5. The van der Waals surface area contributed by atoms with Gasteiger partial charge in [0.1, 0.15) is 0 Å². The first-order chi connectivity index (χ1) is 9.88. The number of hydrogen-bond donors (Lipinski definition) is 1. The Bertz CT molecular complexity index is 511. The smallest absolute Gasteiger partial charge is 0.332 e. The van der Waals surface area contributed by atoms with Crippen molar-refractivity contribution >= 4 is 11.8 Å². The Hall–Kier alpha value is -2.09. The summed E-state index contributed by atoms with van der Waals surface area (Å²) < 4.78 is 36.9. The second kappa shape index (κ2) is 6.13. The highest BCUT2D eigenvalue weighted by molar-refractivity contribution is 5.93. The summed E-state index contributed by atoms with van der Waals surface area (Å²) in [7, 11) is 0. The molecule has 1 fully saturated rings. The molecular weight excluding hydrogens is 287 g/mol. The van der Waals surface area contributed by atoms with E-state index in [1.54, 1.807) is 30.3 Å². The molecule has 1 aromatic carbocycles. The van der Waals surface area contributed by atoms with Gasteiger partial charge in [0.05, 0.1) is 0 Å². The summed E-state index contributed by atoms with van der Waals surface area (Å²) in [5, 5.41) is 1.51. The van der Waals surface area contributed by atoms with Crippen LogP contribution in [0.5, 0.6) is 0 Å². The number of rotatable bonds is 2. The average molecular weight is 301 g/mol. The monoisotopic (exact) mass is 301 g/mol. The second-order valence-electron chi connectivity index (χ2n) is 4.58. The van der Waals surface area contributed by atoms with Crippen molar-refractivity contribution in [1.82, 2.24) is 15.3 Å². The lowest BCUT2D eigenvalue weighted by Crippen LogP contribution is -2.56. The maximum Gasteiger partial charge on any atom is 0.471 e. The quantitative estimate of drug-likeness (QED) is 0.888. The van der Waals surface area contributed by atoms with Crippen LogP contribution in [-0.2, 0) is 4.79 Å². The van der Waals surface area contributed by atoms with Gasteiger partial charge >= 0.3 is 12.1 Å². The summed E-state index contributed by atoms with van der Waals surface area (Å²) in [6, 6.07) is 8.49. The SMILES string of the molecule is O=C(NN1CCN(C(=O)C(F)(F)F)CC1)c1ccccc1. The molecule has 1 aliphatic rings. The summed E-state index contributed by atoms with van der Waals surface area (Å²) in [5.41, 5.74) is 3.07. The lowest BCUT2D eigenvalue weighted by atomic mass is 10.2. The number of alkyl halides is 3. The zero-order valence-corrected chi connectivity index (χ0v) is 11.1. The normalized spacial score (nSPS) is 16.6. The van der Waals surface area contributed by atoms with Crippen LogP contribution in [0.4, 0.5) is 13.2 Å². The number of amides is 2. The summed E-state index contributed by atoms with van der Waals surface area (Å²) in [5.74, 6) is -2.16. The van der Waals surface area contributed by atoms with Crippen LogP contribution in [0, 0.1) is 0 Å². The molecule has 1 aromatic rings. The molecule has 1 N–H and O–H groups in total. The van der Waals surface area contributed by atoms with Crippen molar-refractivity contribution < 1.29 is 22.8 Å². The first kappa shape index (κ1) is 15.3. The van der Waals surface area contributed by atoms with E-state index < -0.39 is 12.1 Å². The third-order valence-corrected chi connectivity index (χ3v) is 3.11. The topological polar surface area (TPSA) is 52.7 Å². The van der Waals surface area contributed by atoms with Gasteiger partial charge in [0.15, 0.2) is 0 Å². The standard InChI is InChI=1S/C13H14F3N3O2/c14-13(15,16)12(21)18-6-8-19(9-7-18)17-11(20)10-4-2-1-3-5-10/h1-5H,6-9H2,(H,17,20). The van der Waals surface area contributed by atoms with Crippen molar-refractivity contribution in [3.63, 3.8) is 0 Å². The lowest BCUT2D eigenvalue weighted by Gasteiger charge is -2.34. The summed E-state index contributed by atoms with van der Waals surface area (Å²) in [6.45, 7) is 0.154. The molecule has 2 rings (SSSR count). The van der Waals surface area contributed by atoms with Crippen molar-refractivity contribution in [2.75, 3.05) is 26.2 Å². The highest BCUT2D eigenvalue weighted by atomic mass is 19.4. The molecule has 0 aliphatic carbocycles. The van der Waals surface area contributed by atoms with Crippen LogP contribution in [-0.4, -0.2) is 54.1 Å². The predicted molar refractivity (Wildman–Crippen MR) is 68.1 cm³/mol. The molecule has 2 amide bonds. The molecule has 0 radical (unpaired) electrons. The molecule has 114 valence electrons. The van der Waals surface area contributed by atoms with Gasteiger partial charge in [-0.05, 0) is 12.1 Å². The number of nitrogens with zero attached hydrogens (tertiary/aromatic N) is 2. The van der Waals surface area contributed by atoms with E-state index >= 15 is 0 Å². The van der Waals surface area contributed by atoms with Crippen LogP contribution >= 0.6 is 0 Å². The number of hydrogen-bond acceptors (Lipinski definition) is 3. The van der Waals surface area contributed by atoms with Gasteiger partial charge in [-0.3, -0.25) is 15.0 Å². The second-order valence-corrected chi connectivity index (χ2v) is 4.58. The van der Waals surface area contributed by atoms with Crippen molar-refractivity contribution in [2.45, 2.75) is 6.18 Å². The molecule has 0 bridgehead atoms. The summed E-state index contributed by atoms with van der Waals surface area (Å²) in [4.78, 5) is 23.7. The molecule has 0 saturated carbocycles. The molecule has 0 aromatic heterocycles. The van der Waals surface area contributed by atoms with E-state index in [-0.39, 0.29) is 32.1 Å². The minimum Gasteiger partial charge on any atom is -0.332 e. The Labute approximate surface area is 119 Å². The highest BCUT2D eigenvalue weighted by Gasteiger charge is 2.43. The largest absolute Gasteiger partial charge is 0.471 e. The number of nitrogens with one attached hydrogen (secondary N) is 1. The van der Waals surface area contributed by atoms with Gasteiger partial charge in [0.2, 0.25) is 0 Å². The zero-order valence-electron chi connectivity index (χ0n) is 11.1. The Morgan fingerprint density at radius 3 is 2.10 bits per heavy atom. The number of hydrazine groups is 1. The van der Waals surface area contributed by atoms with Crippen LogP contribution < -0.4 is 5.43 Å². The number of carbonyl (C=O) groups excluding carboxylic acids is 2. The summed E-state index contributed by atoms with van der Waals surface area (Å²) >= 11 is 0. The van der Waals surface area contributed by atoms with Crippen molar-refractivity contribution in [3.05, 3.63) is 35.9 Å². The van der Waals surface area contributed by atoms with Gasteiger partial charge in [0.25, 0.3) is 5.91 Å². The van der Waals surface area contributed by atoms with Crippen LogP contribution in [0.25, 0.3) is 0 Å². The highest BCUT2D eigenvalue weighted by Crippen LogP contribution is 2.19. The van der Waals surface area contributed by atoms with Gasteiger partial charge in [-0.25, -0.2) is 5.01 Å². The molecule has 0 atom stereocenters. The molecule has 0 unspecified atom stereocenters. The minimum atomic E-state index is -4.85. The van der Waals surface area contributed by atoms with Crippen LogP contribution in [0.15, 0.2) is 30.3 Å². The van der Waals surface area contributed by atoms with Gasteiger partial charge in [-0.1, -0.05) is 18.2 Å². The fourth-order valence-electron chi connectivity index (χ4n) is 2.00. The predicted octanol–water partition coefficient (Wildman–Crippen LogP) is 1.04. The van der Waals surface area contributed by atoms with Gasteiger partial charge in [-0.15, -0.1) is 0 Å². The fraction of sp³-hybridized carbons (Fsp3) is 0.385. The van der Waals surface area contributed by atoms with E-state index in [1.807, 2.05) is 0 Å². The Kier molecular flexibility index (Phi) is 4.46. The Balaban J connectivity index is 1.85. The Morgan fingerprint density at radius 2 is 1.57 bits per heavy atom. The Morgan fingerprint density at radius 1 is 1.00 bits per heavy atom. The summed E-state index contributed by atoms with van der Waals surface area (Å²) in [6.07, 6.45) is -4.85. The third-order valence-electron chi connectivity index (χ3n) is 3.11. The van der Waals surface area contributed by atoms with E-state index in [2.05, 4.69) is 5.43 Å². The molecular formula is C13H14F3N3O2. The van der Waals surface area contributed by atoms with Crippen molar-refractivity contribution in [2.24, 2.45) is 0 Å². The first-order valence-electron chi connectivity index (χ1n) is 6.35. The van der Waals surface area contributed by atoms with Crippen LogP contribution in [0.2, 0.25) is 0 Å². The van der Waals surface area contributed by atoms with Gasteiger partial charge < -0.3 is 4.90 Å². The van der Waals surface area contributed by atoms with Gasteiger partial charge in [-0.2, -0.15) is 13.2 Å². The van der Waals surface area contributed by atoms with Crippen LogP contribution in [0.3, 0.4) is 0 Å². The molecule has 5 nitrogen and oxygen atoms in total. The van der Waals surface area contributed by atoms with E-state index in [1.165, 1.54) is 5.01 Å². The molecule has 1 saturated heterocycles. The third kappa shape index (κ3) is 3.94. The maximum atomic E-state index is 12.3. The van der Waals surface area contributed by atoms with E-state index in [9.17, 15) is 22.8 Å². The maximum absolute atomic E-state index is 12.3.